The smallest absolute Gasteiger partial charge is 0.243 e. The number of benzene rings is 1. The van der Waals surface area contributed by atoms with E-state index in [9.17, 15) is 12.8 Å². The highest BCUT2D eigenvalue weighted by molar-refractivity contribution is 7.89. The lowest BCUT2D eigenvalue weighted by atomic mass is 9.94. The summed E-state index contributed by atoms with van der Waals surface area (Å²) in [7, 11) is -3.60. The van der Waals surface area contributed by atoms with Crippen LogP contribution >= 0.6 is 0 Å². The Bertz CT molecular complexity index is 604. The van der Waals surface area contributed by atoms with Crippen molar-refractivity contribution < 1.29 is 17.5 Å². The fourth-order valence-corrected chi connectivity index (χ4v) is 4.70. The van der Waals surface area contributed by atoms with Gasteiger partial charge in [-0.05, 0) is 38.0 Å². The number of fused-ring (bicyclic) bond motifs is 1. The lowest BCUT2D eigenvalue weighted by Gasteiger charge is -2.33. The first-order valence-electron chi connectivity index (χ1n) is 6.88. The maximum absolute atomic E-state index is 13.2. The van der Waals surface area contributed by atoms with Gasteiger partial charge in [0.15, 0.2) is 0 Å². The quantitative estimate of drug-likeness (QED) is 0.839. The molecule has 0 saturated carbocycles. The highest BCUT2D eigenvalue weighted by Gasteiger charge is 2.40. The molecule has 0 unspecified atom stereocenters. The molecule has 6 heteroatoms. The number of piperidine rings is 1. The summed E-state index contributed by atoms with van der Waals surface area (Å²) in [5.41, 5.74) is 0. The molecule has 0 amide bonds. The number of hydrogen-bond acceptors (Lipinski definition) is 3. The zero-order chi connectivity index (χ0) is 14.3. The molecule has 3 atom stereocenters. The molecule has 2 heterocycles. The van der Waals surface area contributed by atoms with Crippen LogP contribution in [0, 0.1) is 11.7 Å². The Kier molecular flexibility index (Phi) is 3.56. The summed E-state index contributed by atoms with van der Waals surface area (Å²) in [4.78, 5) is 0.0305. The number of rotatable bonds is 2. The molecule has 2 aliphatic heterocycles. The van der Waals surface area contributed by atoms with Gasteiger partial charge in [0.25, 0.3) is 0 Å². The van der Waals surface area contributed by atoms with Crippen LogP contribution in [-0.4, -0.2) is 38.0 Å². The van der Waals surface area contributed by atoms with Gasteiger partial charge in [0.05, 0.1) is 17.1 Å². The molecule has 110 valence electrons. The molecule has 0 spiro atoms. The zero-order valence-corrected chi connectivity index (χ0v) is 12.1. The Labute approximate surface area is 118 Å². The van der Waals surface area contributed by atoms with Crippen LogP contribution < -0.4 is 0 Å². The number of hydrogen-bond donors (Lipinski definition) is 0. The fourth-order valence-electron chi connectivity index (χ4n) is 3.16. The maximum atomic E-state index is 13.2. The van der Waals surface area contributed by atoms with Crippen molar-refractivity contribution in [2.75, 3.05) is 13.1 Å². The summed E-state index contributed by atoms with van der Waals surface area (Å²) in [6.45, 7) is 2.92. The molecule has 20 heavy (non-hydrogen) atoms. The van der Waals surface area contributed by atoms with Crippen LogP contribution in [0.1, 0.15) is 19.8 Å². The summed E-state index contributed by atoms with van der Waals surface area (Å²) in [5.74, 6) is -0.277. The average Bonchev–Trinajstić information content (AvgIpc) is 2.77. The van der Waals surface area contributed by atoms with Crippen LogP contribution in [0.15, 0.2) is 29.2 Å². The van der Waals surface area contributed by atoms with Gasteiger partial charge in [-0.2, -0.15) is 4.31 Å². The van der Waals surface area contributed by atoms with Crippen molar-refractivity contribution in [2.24, 2.45) is 5.92 Å². The maximum Gasteiger partial charge on any atom is 0.243 e. The summed E-state index contributed by atoms with van der Waals surface area (Å²) in [6, 6.07) is 5.20. The van der Waals surface area contributed by atoms with Gasteiger partial charge >= 0.3 is 0 Å². The van der Waals surface area contributed by atoms with Crippen LogP contribution in [-0.2, 0) is 14.8 Å². The van der Waals surface area contributed by atoms with E-state index in [1.807, 2.05) is 6.92 Å². The lowest BCUT2D eigenvalue weighted by molar-refractivity contribution is 0.0206. The molecule has 2 saturated heterocycles. The first-order valence-corrected chi connectivity index (χ1v) is 8.32. The van der Waals surface area contributed by atoms with Gasteiger partial charge in [0.2, 0.25) is 10.0 Å². The molecule has 3 rings (SSSR count). The van der Waals surface area contributed by atoms with E-state index in [1.54, 1.807) is 0 Å². The molecule has 0 aromatic heterocycles. The Hall–Kier alpha value is -0.980. The Balaban J connectivity index is 1.82. The zero-order valence-electron chi connectivity index (χ0n) is 11.3. The summed E-state index contributed by atoms with van der Waals surface area (Å²) >= 11 is 0. The van der Waals surface area contributed by atoms with E-state index in [4.69, 9.17) is 4.74 Å². The molecular formula is C14H18FNO3S. The molecular weight excluding hydrogens is 281 g/mol. The van der Waals surface area contributed by atoms with Gasteiger partial charge in [-0.15, -0.1) is 0 Å². The Morgan fingerprint density at radius 2 is 2.20 bits per heavy atom. The molecule has 4 nitrogen and oxygen atoms in total. The van der Waals surface area contributed by atoms with Crippen LogP contribution in [0.25, 0.3) is 0 Å². The minimum Gasteiger partial charge on any atom is -0.375 e. The van der Waals surface area contributed by atoms with Crippen LogP contribution in [0.2, 0.25) is 0 Å². The van der Waals surface area contributed by atoms with Gasteiger partial charge < -0.3 is 4.74 Å². The Morgan fingerprint density at radius 1 is 1.40 bits per heavy atom. The minimum atomic E-state index is -3.60. The topological polar surface area (TPSA) is 46.6 Å². The second-order valence-corrected chi connectivity index (χ2v) is 7.53. The predicted octanol–water partition coefficient (Wildman–Crippen LogP) is 2.01. The molecule has 1 aromatic carbocycles. The van der Waals surface area contributed by atoms with Crippen LogP contribution in [0.4, 0.5) is 4.39 Å². The molecule has 0 bridgehead atoms. The minimum absolute atomic E-state index is 0.0305. The standard InChI is InChI=1S/C14H18FNO3S/c1-10-7-11-9-16(6-5-14(11)19-10)20(17,18)13-4-2-3-12(15)8-13/h2-4,8,10-11,14H,5-7,9H2,1H3/t10-,11-,14-/m1/s1. The van der Waals surface area contributed by atoms with Gasteiger partial charge in [0.1, 0.15) is 5.82 Å². The number of nitrogens with zero attached hydrogens (tertiary/aromatic N) is 1. The van der Waals surface area contributed by atoms with Crippen molar-refractivity contribution >= 4 is 10.0 Å². The van der Waals surface area contributed by atoms with Crippen molar-refractivity contribution in [1.29, 1.82) is 0 Å². The number of ether oxygens (including phenoxy) is 1. The summed E-state index contributed by atoms with van der Waals surface area (Å²) in [5, 5.41) is 0. The molecule has 0 N–H and O–H groups in total. The second kappa shape index (κ2) is 5.09. The first-order chi connectivity index (χ1) is 9.46. The van der Waals surface area contributed by atoms with Gasteiger partial charge in [0, 0.05) is 19.0 Å². The highest BCUT2D eigenvalue weighted by Crippen LogP contribution is 2.34. The van der Waals surface area contributed by atoms with Crippen molar-refractivity contribution in [1.82, 2.24) is 4.31 Å². The van der Waals surface area contributed by atoms with Gasteiger partial charge in [-0.1, -0.05) is 6.07 Å². The molecule has 1 aromatic rings. The van der Waals surface area contributed by atoms with Crippen molar-refractivity contribution in [3.63, 3.8) is 0 Å². The predicted molar refractivity (Wildman–Crippen MR) is 72.2 cm³/mol. The third-order valence-corrected chi connectivity index (χ3v) is 5.96. The third-order valence-electron chi connectivity index (χ3n) is 4.10. The molecule has 0 radical (unpaired) electrons. The van der Waals surface area contributed by atoms with E-state index < -0.39 is 15.8 Å². The summed E-state index contributed by atoms with van der Waals surface area (Å²) in [6.07, 6.45) is 1.97. The van der Waals surface area contributed by atoms with Gasteiger partial charge in [-0.25, -0.2) is 12.8 Å². The van der Waals surface area contributed by atoms with Crippen LogP contribution in [0.3, 0.4) is 0 Å². The van der Waals surface area contributed by atoms with E-state index in [1.165, 1.54) is 22.5 Å². The molecule has 2 aliphatic rings. The molecule has 0 aliphatic carbocycles. The van der Waals surface area contributed by atoms with Crippen molar-refractivity contribution in [3.05, 3.63) is 30.1 Å². The van der Waals surface area contributed by atoms with Gasteiger partial charge in [-0.3, -0.25) is 0 Å². The van der Waals surface area contributed by atoms with Crippen molar-refractivity contribution in [2.45, 2.75) is 36.9 Å². The average molecular weight is 299 g/mol. The lowest BCUT2D eigenvalue weighted by Crippen LogP contribution is -2.44. The fraction of sp³-hybridized carbons (Fsp3) is 0.571. The normalized spacial score (nSPS) is 31.2. The highest BCUT2D eigenvalue weighted by atomic mass is 32.2. The van der Waals surface area contributed by atoms with E-state index in [0.717, 1.165) is 12.5 Å². The largest absolute Gasteiger partial charge is 0.375 e. The summed E-state index contributed by atoms with van der Waals surface area (Å²) < 4.78 is 45.5. The Morgan fingerprint density at radius 3 is 2.95 bits per heavy atom. The van der Waals surface area contributed by atoms with E-state index >= 15 is 0 Å². The number of halogens is 1. The van der Waals surface area contributed by atoms with E-state index in [-0.39, 0.29) is 23.0 Å². The third kappa shape index (κ3) is 2.47. The number of sulfonamides is 1. The monoisotopic (exact) mass is 299 g/mol. The molecule has 2 fully saturated rings. The first kappa shape index (κ1) is 14.0. The second-order valence-electron chi connectivity index (χ2n) is 5.59. The van der Waals surface area contributed by atoms with Crippen molar-refractivity contribution in [3.8, 4) is 0 Å². The van der Waals surface area contributed by atoms with E-state index in [0.29, 0.717) is 19.5 Å². The van der Waals surface area contributed by atoms with E-state index in [2.05, 4.69) is 0 Å². The SMILES string of the molecule is C[C@@H]1C[C@@H]2CN(S(=O)(=O)c3cccc(F)c3)CC[C@H]2O1. The van der Waals surface area contributed by atoms with Crippen LogP contribution in [0.5, 0.6) is 0 Å².